The topological polar surface area (TPSA) is 112 Å². The van der Waals surface area contributed by atoms with Crippen LogP contribution in [-0.2, 0) is 0 Å². The maximum absolute atomic E-state index is 11.0. The number of ether oxygens (including phenoxy) is 1. The Hall–Kier alpha value is -3.66. The number of benzene rings is 2. The summed E-state index contributed by atoms with van der Waals surface area (Å²) < 4.78 is 5.48. The monoisotopic (exact) mass is 306 g/mol. The van der Waals surface area contributed by atoms with E-state index < -0.39 is 5.97 Å². The number of carboxylic acid groups (broad SMARTS) is 1. The molecule has 0 bridgehead atoms. The van der Waals surface area contributed by atoms with Crippen LogP contribution in [0.4, 0.5) is 0 Å². The number of nitrogens with zero attached hydrogens (tertiary/aromatic N) is 3. The first-order valence-corrected chi connectivity index (χ1v) is 6.60. The van der Waals surface area contributed by atoms with Gasteiger partial charge in [-0.2, -0.15) is 5.26 Å². The largest absolute Gasteiger partial charge is 0.476 e. The van der Waals surface area contributed by atoms with Gasteiger partial charge in [-0.1, -0.05) is 34.6 Å². The van der Waals surface area contributed by atoms with E-state index in [-0.39, 0.29) is 11.6 Å². The number of aromatic carboxylic acids is 1. The van der Waals surface area contributed by atoms with Crippen LogP contribution in [0.1, 0.15) is 16.1 Å². The van der Waals surface area contributed by atoms with E-state index in [1.54, 1.807) is 30.3 Å². The third-order valence-electron chi connectivity index (χ3n) is 3.13. The van der Waals surface area contributed by atoms with Gasteiger partial charge in [-0.15, -0.1) is 0 Å². The van der Waals surface area contributed by atoms with Crippen molar-refractivity contribution in [3.8, 4) is 28.8 Å². The van der Waals surface area contributed by atoms with E-state index in [9.17, 15) is 4.79 Å². The van der Waals surface area contributed by atoms with E-state index in [0.717, 1.165) is 11.1 Å². The standard InChI is InChI=1S/C16H10N4O3/c17-9-10-4-6-11(7-5-10)12-2-1-3-13(8-12)23-15-14(16(21)22)18-20-19-15/h1-8H,(H,21,22)(H,18,19,20). The molecule has 2 N–H and O–H groups in total. The Morgan fingerprint density at radius 1 is 1.17 bits per heavy atom. The molecule has 23 heavy (non-hydrogen) atoms. The van der Waals surface area contributed by atoms with Crippen LogP contribution in [0.5, 0.6) is 11.6 Å². The Morgan fingerprint density at radius 2 is 1.96 bits per heavy atom. The van der Waals surface area contributed by atoms with E-state index in [4.69, 9.17) is 15.1 Å². The Morgan fingerprint density at radius 3 is 2.65 bits per heavy atom. The van der Waals surface area contributed by atoms with Crippen LogP contribution in [0.15, 0.2) is 48.5 Å². The van der Waals surface area contributed by atoms with Gasteiger partial charge in [-0.25, -0.2) is 9.89 Å². The zero-order valence-corrected chi connectivity index (χ0v) is 11.7. The molecular formula is C16H10N4O3. The highest BCUT2D eigenvalue weighted by Gasteiger charge is 2.16. The molecule has 7 nitrogen and oxygen atoms in total. The Bertz CT molecular complexity index is 894. The van der Waals surface area contributed by atoms with Crippen LogP contribution in [0, 0.1) is 11.3 Å². The Labute approximate surface area is 130 Å². The van der Waals surface area contributed by atoms with Gasteiger partial charge in [0.1, 0.15) is 5.75 Å². The second kappa shape index (κ2) is 5.99. The molecule has 0 spiro atoms. The second-order valence-corrected chi connectivity index (χ2v) is 4.62. The van der Waals surface area contributed by atoms with Crippen molar-refractivity contribution in [3.05, 3.63) is 59.8 Å². The zero-order valence-electron chi connectivity index (χ0n) is 11.7. The number of nitrogens with one attached hydrogen (secondary N) is 1. The molecule has 0 amide bonds. The van der Waals surface area contributed by atoms with Gasteiger partial charge in [-0.05, 0) is 35.4 Å². The number of carbonyl (C=O) groups is 1. The van der Waals surface area contributed by atoms with Gasteiger partial charge in [0.25, 0.3) is 5.88 Å². The minimum Gasteiger partial charge on any atom is -0.476 e. The molecule has 7 heteroatoms. The summed E-state index contributed by atoms with van der Waals surface area (Å²) in [5.74, 6) is -0.869. The van der Waals surface area contributed by atoms with Crippen molar-refractivity contribution in [2.75, 3.05) is 0 Å². The molecular weight excluding hydrogens is 296 g/mol. The number of hydrogen-bond donors (Lipinski definition) is 2. The summed E-state index contributed by atoms with van der Waals surface area (Å²) in [6.07, 6.45) is 0. The van der Waals surface area contributed by atoms with E-state index in [2.05, 4.69) is 21.5 Å². The number of nitriles is 1. The first-order valence-electron chi connectivity index (χ1n) is 6.60. The molecule has 3 rings (SSSR count). The average Bonchev–Trinajstić information content (AvgIpc) is 3.03. The lowest BCUT2D eigenvalue weighted by atomic mass is 10.0. The number of H-pyrrole nitrogens is 1. The molecule has 2 aromatic carbocycles. The SMILES string of the molecule is N#Cc1ccc(-c2cccc(Oc3nn[nH]c3C(=O)O)c2)cc1. The third kappa shape index (κ3) is 3.01. The lowest BCUT2D eigenvalue weighted by molar-refractivity contribution is 0.0687. The van der Waals surface area contributed by atoms with Crippen molar-refractivity contribution in [2.45, 2.75) is 0 Å². The molecule has 0 radical (unpaired) electrons. The molecule has 0 aliphatic carbocycles. The van der Waals surface area contributed by atoms with E-state index >= 15 is 0 Å². The summed E-state index contributed by atoms with van der Waals surface area (Å²) in [6.45, 7) is 0. The third-order valence-corrected chi connectivity index (χ3v) is 3.13. The first-order chi connectivity index (χ1) is 11.2. The van der Waals surface area contributed by atoms with Gasteiger partial charge in [0.15, 0.2) is 0 Å². The maximum Gasteiger partial charge on any atom is 0.359 e. The predicted molar refractivity (Wildman–Crippen MR) is 80.0 cm³/mol. The minimum absolute atomic E-state index is 0.102. The van der Waals surface area contributed by atoms with Crippen molar-refractivity contribution in [1.82, 2.24) is 15.4 Å². The quantitative estimate of drug-likeness (QED) is 0.766. The number of carboxylic acids is 1. The van der Waals surface area contributed by atoms with Crippen LogP contribution < -0.4 is 4.74 Å². The van der Waals surface area contributed by atoms with E-state index in [1.165, 1.54) is 0 Å². The number of aromatic nitrogens is 3. The smallest absolute Gasteiger partial charge is 0.359 e. The molecule has 3 aromatic rings. The normalized spacial score (nSPS) is 10.0. The second-order valence-electron chi connectivity index (χ2n) is 4.62. The first kappa shape index (κ1) is 14.3. The molecule has 1 aromatic heterocycles. The van der Waals surface area contributed by atoms with Crippen LogP contribution in [0.2, 0.25) is 0 Å². The van der Waals surface area contributed by atoms with Gasteiger partial charge in [0.05, 0.1) is 11.6 Å². The van der Waals surface area contributed by atoms with Crippen LogP contribution >= 0.6 is 0 Å². The summed E-state index contributed by atoms with van der Waals surface area (Å²) in [7, 11) is 0. The number of rotatable bonds is 4. The van der Waals surface area contributed by atoms with Crippen molar-refractivity contribution in [1.29, 1.82) is 5.26 Å². The van der Waals surface area contributed by atoms with Crippen LogP contribution in [-0.4, -0.2) is 26.5 Å². The summed E-state index contributed by atoms with van der Waals surface area (Å²) in [4.78, 5) is 11.0. The van der Waals surface area contributed by atoms with Gasteiger partial charge in [0.2, 0.25) is 5.69 Å². The molecule has 0 atom stereocenters. The summed E-state index contributed by atoms with van der Waals surface area (Å²) in [5.41, 5.74) is 2.14. The van der Waals surface area contributed by atoms with E-state index in [1.807, 2.05) is 18.2 Å². The zero-order chi connectivity index (χ0) is 16.2. The Kier molecular flexibility index (Phi) is 3.72. The lowest BCUT2D eigenvalue weighted by Gasteiger charge is -2.06. The fourth-order valence-corrected chi connectivity index (χ4v) is 2.02. The van der Waals surface area contributed by atoms with Gasteiger partial charge >= 0.3 is 5.97 Å². The molecule has 0 saturated carbocycles. The summed E-state index contributed by atoms with van der Waals surface area (Å²) in [6, 6.07) is 16.3. The molecule has 0 fully saturated rings. The summed E-state index contributed by atoms with van der Waals surface area (Å²) in [5, 5.41) is 27.1. The molecule has 0 aliphatic rings. The van der Waals surface area contributed by atoms with Crippen LogP contribution in [0.3, 0.4) is 0 Å². The fourth-order valence-electron chi connectivity index (χ4n) is 2.02. The van der Waals surface area contributed by atoms with Gasteiger partial charge in [0, 0.05) is 0 Å². The average molecular weight is 306 g/mol. The van der Waals surface area contributed by atoms with Gasteiger partial charge in [-0.3, -0.25) is 0 Å². The molecule has 1 heterocycles. The fraction of sp³-hybridized carbons (Fsp3) is 0. The van der Waals surface area contributed by atoms with Crippen molar-refractivity contribution < 1.29 is 14.6 Å². The van der Waals surface area contributed by atoms with Crippen molar-refractivity contribution in [3.63, 3.8) is 0 Å². The maximum atomic E-state index is 11.0. The lowest BCUT2D eigenvalue weighted by Crippen LogP contribution is -1.99. The van der Waals surface area contributed by atoms with Crippen molar-refractivity contribution >= 4 is 5.97 Å². The number of aromatic amines is 1. The molecule has 0 saturated heterocycles. The Balaban J connectivity index is 1.89. The highest BCUT2D eigenvalue weighted by molar-refractivity contribution is 5.87. The van der Waals surface area contributed by atoms with Crippen LogP contribution in [0.25, 0.3) is 11.1 Å². The van der Waals surface area contributed by atoms with E-state index in [0.29, 0.717) is 11.3 Å². The number of hydrogen-bond acceptors (Lipinski definition) is 5. The van der Waals surface area contributed by atoms with Gasteiger partial charge < -0.3 is 9.84 Å². The molecule has 112 valence electrons. The highest BCUT2D eigenvalue weighted by Crippen LogP contribution is 2.27. The highest BCUT2D eigenvalue weighted by atomic mass is 16.5. The van der Waals surface area contributed by atoms with Crippen molar-refractivity contribution in [2.24, 2.45) is 0 Å². The molecule has 0 aliphatic heterocycles. The molecule has 0 unspecified atom stereocenters. The predicted octanol–water partition coefficient (Wildman–Crippen LogP) is 2.83. The minimum atomic E-state index is -1.20. The summed E-state index contributed by atoms with van der Waals surface area (Å²) >= 11 is 0.